The Labute approximate surface area is 173 Å². The van der Waals surface area contributed by atoms with Gasteiger partial charge in [0, 0.05) is 15.8 Å². The van der Waals surface area contributed by atoms with E-state index in [2.05, 4.69) is 12.1 Å². The van der Waals surface area contributed by atoms with Crippen molar-refractivity contribution in [3.63, 3.8) is 0 Å². The van der Waals surface area contributed by atoms with Crippen LogP contribution in [0.1, 0.15) is 22.2 Å². The summed E-state index contributed by atoms with van der Waals surface area (Å²) in [5.74, 6) is 1.34. The van der Waals surface area contributed by atoms with E-state index in [1.807, 2.05) is 59.0 Å². The molecule has 0 fully saturated rings. The maximum atomic E-state index is 12.9. The highest BCUT2D eigenvalue weighted by molar-refractivity contribution is 7.10. The largest absolute Gasteiger partial charge is 0.493 e. The van der Waals surface area contributed by atoms with E-state index >= 15 is 0 Å². The fourth-order valence-electron chi connectivity index (χ4n) is 2.73. The molecule has 3 aromatic rings. The first kappa shape index (κ1) is 20.2. The molecule has 0 saturated carbocycles. The van der Waals surface area contributed by atoms with E-state index in [1.165, 1.54) is 9.75 Å². The number of nitrogens with zero attached hydrogens (tertiary/aromatic N) is 1. The Hall–Kier alpha value is -2.57. The summed E-state index contributed by atoms with van der Waals surface area (Å²) in [6.45, 7) is 3.71. The Bertz CT molecular complexity index is 866. The van der Waals surface area contributed by atoms with Crippen LogP contribution in [0.2, 0.25) is 0 Å². The average molecular weight is 414 g/mol. The van der Waals surface area contributed by atoms with Crippen molar-refractivity contribution in [2.75, 3.05) is 13.7 Å². The third-order valence-electron chi connectivity index (χ3n) is 4.07. The Balaban J connectivity index is 1.74. The number of hydrogen-bond donors (Lipinski definition) is 0. The van der Waals surface area contributed by atoms with Crippen LogP contribution in [-0.4, -0.2) is 24.5 Å². The minimum atomic E-state index is -0.0188. The normalized spacial score (nSPS) is 10.9. The highest BCUT2D eigenvalue weighted by Gasteiger charge is 2.13. The number of methoxy groups -OCH3 is 1. The van der Waals surface area contributed by atoms with Crippen molar-refractivity contribution in [1.82, 2.24) is 4.90 Å². The molecule has 146 valence electrons. The highest BCUT2D eigenvalue weighted by Crippen LogP contribution is 2.28. The lowest BCUT2D eigenvalue weighted by Gasteiger charge is -2.20. The lowest BCUT2D eigenvalue weighted by atomic mass is 10.2. The van der Waals surface area contributed by atoms with E-state index in [9.17, 15) is 4.79 Å². The van der Waals surface area contributed by atoms with Crippen LogP contribution < -0.4 is 9.47 Å². The van der Waals surface area contributed by atoms with Gasteiger partial charge in [-0.1, -0.05) is 18.2 Å². The first-order valence-corrected chi connectivity index (χ1v) is 10.8. The molecular weight excluding hydrogens is 390 g/mol. The lowest BCUT2D eigenvalue weighted by molar-refractivity contribution is -0.127. The van der Waals surface area contributed by atoms with Crippen molar-refractivity contribution < 1.29 is 14.3 Å². The summed E-state index contributed by atoms with van der Waals surface area (Å²) in [5, 5.41) is 4.07. The number of thiophene rings is 2. The monoisotopic (exact) mass is 413 g/mol. The van der Waals surface area contributed by atoms with Gasteiger partial charge in [0.05, 0.1) is 26.8 Å². The predicted octanol–water partition coefficient (Wildman–Crippen LogP) is 5.46. The Kier molecular flexibility index (Phi) is 7.28. The zero-order chi connectivity index (χ0) is 19.8. The summed E-state index contributed by atoms with van der Waals surface area (Å²) in [7, 11) is 1.61. The van der Waals surface area contributed by atoms with Gasteiger partial charge in [-0.3, -0.25) is 4.79 Å². The highest BCUT2D eigenvalue weighted by atomic mass is 32.1. The Morgan fingerprint density at radius 1 is 1.04 bits per heavy atom. The van der Waals surface area contributed by atoms with Gasteiger partial charge in [0.15, 0.2) is 11.5 Å². The molecule has 0 radical (unpaired) electrons. The fourth-order valence-corrected chi connectivity index (χ4v) is 4.17. The van der Waals surface area contributed by atoms with Crippen LogP contribution in [0.5, 0.6) is 11.5 Å². The van der Waals surface area contributed by atoms with Crippen LogP contribution in [0, 0.1) is 0 Å². The Morgan fingerprint density at radius 3 is 2.25 bits per heavy atom. The van der Waals surface area contributed by atoms with Crippen molar-refractivity contribution in [1.29, 1.82) is 0 Å². The molecule has 3 rings (SSSR count). The molecule has 0 aliphatic carbocycles. The summed E-state index contributed by atoms with van der Waals surface area (Å²) < 4.78 is 10.9. The van der Waals surface area contributed by atoms with Crippen LogP contribution in [0.15, 0.2) is 59.3 Å². The van der Waals surface area contributed by atoms with E-state index in [-0.39, 0.29) is 5.91 Å². The van der Waals surface area contributed by atoms with Crippen LogP contribution in [0.25, 0.3) is 6.08 Å². The lowest BCUT2D eigenvalue weighted by Crippen LogP contribution is -2.27. The summed E-state index contributed by atoms with van der Waals surface area (Å²) in [6, 6.07) is 13.8. The molecule has 4 nitrogen and oxygen atoms in total. The van der Waals surface area contributed by atoms with Gasteiger partial charge in [-0.25, -0.2) is 0 Å². The number of rotatable bonds is 9. The summed E-state index contributed by atoms with van der Waals surface area (Å²) in [5.41, 5.74) is 0.890. The molecule has 0 unspecified atom stereocenters. The van der Waals surface area contributed by atoms with Gasteiger partial charge in [-0.05, 0) is 53.6 Å². The van der Waals surface area contributed by atoms with Gasteiger partial charge in [0.25, 0.3) is 0 Å². The van der Waals surface area contributed by atoms with Crippen LogP contribution in [-0.2, 0) is 17.9 Å². The molecule has 0 N–H and O–H groups in total. The summed E-state index contributed by atoms with van der Waals surface area (Å²) in [4.78, 5) is 17.1. The third-order valence-corrected chi connectivity index (χ3v) is 5.79. The maximum Gasteiger partial charge on any atom is 0.247 e. The zero-order valence-electron chi connectivity index (χ0n) is 16.0. The molecule has 1 aromatic carbocycles. The van der Waals surface area contributed by atoms with Gasteiger partial charge < -0.3 is 14.4 Å². The summed E-state index contributed by atoms with van der Waals surface area (Å²) >= 11 is 3.32. The molecule has 0 saturated heterocycles. The first-order valence-electron chi connectivity index (χ1n) is 9.02. The Morgan fingerprint density at radius 2 is 1.71 bits per heavy atom. The topological polar surface area (TPSA) is 38.8 Å². The second-order valence-corrected chi connectivity index (χ2v) is 8.09. The predicted molar refractivity (Wildman–Crippen MR) is 116 cm³/mol. The maximum absolute atomic E-state index is 12.9. The van der Waals surface area contributed by atoms with E-state index < -0.39 is 0 Å². The van der Waals surface area contributed by atoms with E-state index in [4.69, 9.17) is 9.47 Å². The fraction of sp³-hybridized carbons (Fsp3) is 0.227. The van der Waals surface area contributed by atoms with Gasteiger partial charge >= 0.3 is 0 Å². The molecule has 0 atom stereocenters. The van der Waals surface area contributed by atoms with Gasteiger partial charge in [0.2, 0.25) is 5.91 Å². The molecule has 1 amide bonds. The first-order chi connectivity index (χ1) is 13.7. The molecular formula is C22H23NO3S2. The number of carbonyl (C=O) groups excluding carboxylic acids is 1. The van der Waals surface area contributed by atoms with Crippen molar-refractivity contribution in [2.45, 2.75) is 20.0 Å². The molecule has 2 heterocycles. The molecule has 0 spiro atoms. The average Bonchev–Trinajstić information content (AvgIpc) is 3.41. The van der Waals surface area contributed by atoms with Gasteiger partial charge in [-0.2, -0.15) is 0 Å². The quantitative estimate of drug-likeness (QED) is 0.437. The zero-order valence-corrected chi connectivity index (χ0v) is 17.6. The molecule has 2 aromatic heterocycles. The number of benzene rings is 1. The van der Waals surface area contributed by atoms with Gasteiger partial charge in [0.1, 0.15) is 0 Å². The second-order valence-electron chi connectivity index (χ2n) is 6.03. The molecule has 0 aliphatic rings. The SMILES string of the molecule is CCOc1ccc(/C=C/C(=O)N(Cc2cccs2)Cc2cccs2)cc1OC. The molecule has 28 heavy (non-hydrogen) atoms. The standard InChI is InChI=1S/C22H23NO3S2/c1-3-26-20-10-8-17(14-21(20)25-2)9-11-22(24)23(15-18-6-4-12-27-18)16-19-7-5-13-28-19/h4-14H,3,15-16H2,1-2H3/b11-9+. The summed E-state index contributed by atoms with van der Waals surface area (Å²) in [6.07, 6.45) is 3.44. The molecule has 0 bridgehead atoms. The van der Waals surface area contributed by atoms with Crippen LogP contribution >= 0.6 is 22.7 Å². The van der Waals surface area contributed by atoms with Crippen molar-refractivity contribution in [3.8, 4) is 11.5 Å². The molecule has 6 heteroatoms. The van der Waals surface area contributed by atoms with Crippen molar-refractivity contribution in [3.05, 3.63) is 74.6 Å². The number of amides is 1. The minimum Gasteiger partial charge on any atom is -0.493 e. The third kappa shape index (κ3) is 5.47. The number of hydrogen-bond acceptors (Lipinski definition) is 5. The van der Waals surface area contributed by atoms with Crippen LogP contribution in [0.4, 0.5) is 0 Å². The van der Waals surface area contributed by atoms with E-state index in [1.54, 1.807) is 35.9 Å². The smallest absolute Gasteiger partial charge is 0.247 e. The number of ether oxygens (including phenoxy) is 2. The molecule has 0 aliphatic heterocycles. The second kappa shape index (κ2) is 10.1. The van der Waals surface area contributed by atoms with E-state index in [0.717, 1.165) is 5.56 Å². The van der Waals surface area contributed by atoms with Gasteiger partial charge in [-0.15, -0.1) is 22.7 Å². The number of carbonyl (C=O) groups is 1. The minimum absolute atomic E-state index is 0.0188. The van der Waals surface area contributed by atoms with Crippen molar-refractivity contribution >= 4 is 34.7 Å². The van der Waals surface area contributed by atoms with Crippen LogP contribution in [0.3, 0.4) is 0 Å². The van der Waals surface area contributed by atoms with E-state index in [0.29, 0.717) is 31.2 Å². The van der Waals surface area contributed by atoms with Crippen molar-refractivity contribution in [2.24, 2.45) is 0 Å².